The summed E-state index contributed by atoms with van der Waals surface area (Å²) in [4.78, 5) is 10.5. The fraction of sp³-hybridized carbons (Fsp3) is 0.125. The predicted molar refractivity (Wildman–Crippen MR) is 86.3 cm³/mol. The largest absolute Gasteiger partial charge is 0.373 e. The Hall–Kier alpha value is -2.07. The number of nitrogens with one attached hydrogen (secondary N) is 1. The highest BCUT2D eigenvalue weighted by Gasteiger charge is 2.10. The summed E-state index contributed by atoms with van der Waals surface area (Å²) < 4.78 is 0. The quantitative estimate of drug-likeness (QED) is 0.735. The van der Waals surface area contributed by atoms with Crippen molar-refractivity contribution in [2.75, 3.05) is 18.6 Å². The molecule has 0 fully saturated rings. The van der Waals surface area contributed by atoms with Crippen LogP contribution in [0.3, 0.4) is 0 Å². The summed E-state index contributed by atoms with van der Waals surface area (Å²) in [5.74, 6) is 1.62. The van der Waals surface area contributed by atoms with E-state index < -0.39 is 0 Å². The highest BCUT2D eigenvalue weighted by atomic mass is 32.2. The van der Waals surface area contributed by atoms with Crippen LogP contribution in [0.4, 0.5) is 5.82 Å². The number of fused-ring (bicyclic) bond motifs is 1. The van der Waals surface area contributed by atoms with Crippen molar-refractivity contribution in [3.05, 3.63) is 48.5 Å². The second kappa shape index (κ2) is 5.51. The third-order valence-corrected chi connectivity index (χ3v) is 3.98. The number of anilines is 1. The van der Waals surface area contributed by atoms with Crippen LogP contribution in [0.25, 0.3) is 22.3 Å². The number of rotatable bonds is 3. The minimum absolute atomic E-state index is 0.762. The van der Waals surface area contributed by atoms with E-state index in [1.165, 1.54) is 4.90 Å². The lowest BCUT2D eigenvalue weighted by atomic mass is 10.2. The second-order valence-corrected chi connectivity index (χ2v) is 5.21. The Morgan fingerprint density at radius 1 is 0.950 bits per heavy atom. The van der Waals surface area contributed by atoms with E-state index in [0.29, 0.717) is 0 Å². The van der Waals surface area contributed by atoms with Crippen LogP contribution >= 0.6 is 11.8 Å². The van der Waals surface area contributed by atoms with E-state index in [-0.39, 0.29) is 0 Å². The van der Waals surface area contributed by atoms with Gasteiger partial charge in [-0.1, -0.05) is 30.3 Å². The van der Waals surface area contributed by atoms with Crippen LogP contribution in [0.15, 0.2) is 53.4 Å². The summed E-state index contributed by atoms with van der Waals surface area (Å²) in [6, 6.07) is 16.3. The van der Waals surface area contributed by atoms with Gasteiger partial charge in [-0.05, 0) is 24.5 Å². The average Bonchev–Trinajstić information content (AvgIpc) is 2.53. The maximum absolute atomic E-state index is 4.70. The molecule has 1 N–H and O–H groups in total. The average molecular weight is 281 g/mol. The van der Waals surface area contributed by atoms with Crippen LogP contribution < -0.4 is 5.32 Å². The van der Waals surface area contributed by atoms with Crippen molar-refractivity contribution in [2.24, 2.45) is 0 Å². The number of aromatic nitrogens is 2. The molecule has 0 saturated carbocycles. The summed E-state index contributed by atoms with van der Waals surface area (Å²) in [7, 11) is 1.89. The van der Waals surface area contributed by atoms with E-state index in [4.69, 9.17) is 4.98 Å². The Balaban J connectivity index is 2.26. The van der Waals surface area contributed by atoms with Gasteiger partial charge in [0.05, 0.1) is 5.52 Å². The van der Waals surface area contributed by atoms with E-state index in [0.717, 1.165) is 28.1 Å². The minimum atomic E-state index is 0.762. The van der Waals surface area contributed by atoms with Gasteiger partial charge < -0.3 is 5.32 Å². The molecule has 3 aromatic rings. The molecule has 0 aliphatic carbocycles. The Kier molecular flexibility index (Phi) is 3.56. The number of thioether (sulfide) groups is 1. The smallest absolute Gasteiger partial charge is 0.163 e. The van der Waals surface area contributed by atoms with Crippen molar-refractivity contribution in [3.8, 4) is 11.4 Å². The molecule has 0 amide bonds. The third kappa shape index (κ3) is 2.23. The number of benzene rings is 2. The predicted octanol–water partition coefficient (Wildman–Crippen LogP) is 4.06. The molecule has 0 bridgehead atoms. The van der Waals surface area contributed by atoms with Gasteiger partial charge in [-0.15, -0.1) is 11.8 Å². The van der Waals surface area contributed by atoms with Gasteiger partial charge in [0.1, 0.15) is 5.82 Å². The Morgan fingerprint density at radius 3 is 2.50 bits per heavy atom. The van der Waals surface area contributed by atoms with Gasteiger partial charge in [-0.25, -0.2) is 9.97 Å². The van der Waals surface area contributed by atoms with Gasteiger partial charge in [0.25, 0.3) is 0 Å². The summed E-state index contributed by atoms with van der Waals surface area (Å²) in [5, 5.41) is 4.20. The summed E-state index contributed by atoms with van der Waals surface area (Å²) in [6.07, 6.45) is 2.07. The first-order valence-corrected chi connectivity index (χ1v) is 7.64. The van der Waals surface area contributed by atoms with Crippen LogP contribution in [-0.4, -0.2) is 23.3 Å². The zero-order valence-corrected chi connectivity index (χ0v) is 12.2. The standard InChI is InChI=1S/C16H15N3S/c1-17-15-11-7-3-5-9-13(11)18-16(19-15)12-8-4-6-10-14(12)20-2/h3-10H,1-2H3,(H,17,18,19). The second-order valence-electron chi connectivity index (χ2n) is 4.36. The molecule has 100 valence electrons. The molecule has 4 heteroatoms. The van der Waals surface area contributed by atoms with Crippen molar-refractivity contribution >= 4 is 28.5 Å². The topological polar surface area (TPSA) is 37.8 Å². The molecule has 20 heavy (non-hydrogen) atoms. The lowest BCUT2D eigenvalue weighted by Crippen LogP contribution is -1.99. The van der Waals surface area contributed by atoms with Crippen LogP contribution in [0.2, 0.25) is 0 Å². The van der Waals surface area contributed by atoms with Gasteiger partial charge >= 0.3 is 0 Å². The summed E-state index contributed by atoms with van der Waals surface area (Å²) in [5.41, 5.74) is 2.03. The molecule has 0 saturated heterocycles. The van der Waals surface area contributed by atoms with Gasteiger partial charge in [-0.3, -0.25) is 0 Å². The zero-order chi connectivity index (χ0) is 13.9. The molecule has 0 aliphatic heterocycles. The van der Waals surface area contributed by atoms with Crippen molar-refractivity contribution < 1.29 is 0 Å². The van der Waals surface area contributed by atoms with E-state index in [1.54, 1.807) is 11.8 Å². The molecule has 1 heterocycles. The van der Waals surface area contributed by atoms with Gasteiger partial charge in [0.2, 0.25) is 0 Å². The maximum Gasteiger partial charge on any atom is 0.163 e. The Labute approximate surface area is 122 Å². The van der Waals surface area contributed by atoms with Crippen molar-refractivity contribution in [1.82, 2.24) is 9.97 Å². The molecule has 3 nitrogen and oxygen atoms in total. The zero-order valence-electron chi connectivity index (χ0n) is 11.4. The fourth-order valence-corrected chi connectivity index (χ4v) is 2.81. The van der Waals surface area contributed by atoms with Crippen LogP contribution in [-0.2, 0) is 0 Å². The number of hydrogen-bond donors (Lipinski definition) is 1. The van der Waals surface area contributed by atoms with Crippen molar-refractivity contribution in [1.29, 1.82) is 0 Å². The van der Waals surface area contributed by atoms with Gasteiger partial charge in [0, 0.05) is 22.9 Å². The fourth-order valence-electron chi connectivity index (χ4n) is 2.22. The first-order valence-electron chi connectivity index (χ1n) is 6.41. The van der Waals surface area contributed by atoms with E-state index in [9.17, 15) is 0 Å². The van der Waals surface area contributed by atoms with Crippen LogP contribution in [0.5, 0.6) is 0 Å². The number of hydrogen-bond acceptors (Lipinski definition) is 4. The maximum atomic E-state index is 4.70. The highest BCUT2D eigenvalue weighted by Crippen LogP contribution is 2.30. The molecule has 0 aliphatic rings. The van der Waals surface area contributed by atoms with E-state index in [1.807, 2.05) is 43.4 Å². The number of para-hydroxylation sites is 1. The van der Waals surface area contributed by atoms with Crippen molar-refractivity contribution in [3.63, 3.8) is 0 Å². The van der Waals surface area contributed by atoms with E-state index >= 15 is 0 Å². The Morgan fingerprint density at radius 2 is 1.70 bits per heavy atom. The SMILES string of the molecule is CNc1nc(-c2ccccc2SC)nc2ccccc12. The molecule has 0 radical (unpaired) electrons. The molecule has 1 aromatic heterocycles. The first kappa shape index (κ1) is 12.9. The first-order chi connectivity index (χ1) is 9.83. The molecular formula is C16H15N3S. The van der Waals surface area contributed by atoms with Crippen LogP contribution in [0.1, 0.15) is 0 Å². The minimum Gasteiger partial charge on any atom is -0.373 e. The third-order valence-electron chi connectivity index (χ3n) is 3.19. The van der Waals surface area contributed by atoms with Gasteiger partial charge in [-0.2, -0.15) is 0 Å². The summed E-state index contributed by atoms with van der Waals surface area (Å²) in [6.45, 7) is 0. The van der Waals surface area contributed by atoms with E-state index in [2.05, 4.69) is 28.7 Å². The lowest BCUT2D eigenvalue weighted by Gasteiger charge is -2.10. The van der Waals surface area contributed by atoms with Crippen LogP contribution in [0, 0.1) is 0 Å². The normalized spacial score (nSPS) is 10.7. The highest BCUT2D eigenvalue weighted by molar-refractivity contribution is 7.98. The summed E-state index contributed by atoms with van der Waals surface area (Å²) >= 11 is 1.71. The molecule has 0 spiro atoms. The molecule has 0 unspecified atom stereocenters. The molecular weight excluding hydrogens is 266 g/mol. The Bertz CT molecular complexity index is 756. The molecule has 0 atom stereocenters. The molecule has 2 aromatic carbocycles. The monoisotopic (exact) mass is 281 g/mol. The number of nitrogens with zero attached hydrogens (tertiary/aromatic N) is 2. The molecule has 3 rings (SSSR count). The lowest BCUT2D eigenvalue weighted by molar-refractivity contribution is 1.19. The van der Waals surface area contributed by atoms with Gasteiger partial charge in [0.15, 0.2) is 5.82 Å². The van der Waals surface area contributed by atoms with Crippen molar-refractivity contribution in [2.45, 2.75) is 4.90 Å².